The van der Waals surface area contributed by atoms with Gasteiger partial charge in [-0.1, -0.05) is 80.9 Å². The fourth-order valence-electron chi connectivity index (χ4n) is 6.55. The molecule has 1 aliphatic heterocycles. The molecule has 2 amide bonds. The number of para-hydroxylation sites is 2. The van der Waals surface area contributed by atoms with Crippen molar-refractivity contribution in [2.75, 3.05) is 45.4 Å². The van der Waals surface area contributed by atoms with Crippen LogP contribution in [0.25, 0.3) is 0 Å². The Kier molecular flexibility index (Phi) is 14.3. The summed E-state index contributed by atoms with van der Waals surface area (Å²) in [7, 11) is 3.26. The topological polar surface area (TPSA) is 98.4 Å². The third-order valence-electron chi connectivity index (χ3n) is 9.09. The second-order valence-corrected chi connectivity index (χ2v) is 14.9. The van der Waals surface area contributed by atoms with Crippen molar-refractivity contribution < 1.29 is 32.9 Å². The molecule has 1 heterocycles. The van der Waals surface area contributed by atoms with Crippen LogP contribution in [0.4, 0.5) is 10.1 Å². The zero-order valence-electron chi connectivity index (χ0n) is 31.8. The molecule has 0 spiro atoms. The van der Waals surface area contributed by atoms with E-state index in [1.165, 1.54) is 11.6 Å². The van der Waals surface area contributed by atoms with Crippen LogP contribution in [0.1, 0.15) is 68.4 Å². The highest BCUT2D eigenvalue weighted by atomic mass is 35.5. The van der Waals surface area contributed by atoms with Crippen molar-refractivity contribution in [2.24, 2.45) is 5.41 Å². The summed E-state index contributed by atoms with van der Waals surface area (Å²) in [6.45, 7) is 8.53. The number of fused-ring (bicyclic) bond motifs is 1. The monoisotopic (exact) mass is 759 g/mol. The normalized spacial score (nSPS) is 15.7. The van der Waals surface area contributed by atoms with Gasteiger partial charge in [0.05, 0.1) is 27.2 Å². The Bertz CT molecular complexity index is 1880. The van der Waals surface area contributed by atoms with Gasteiger partial charge in [0.2, 0.25) is 5.91 Å². The molecule has 0 unspecified atom stereocenters. The number of nitrogens with one attached hydrogen (secondary N) is 2. The number of rotatable bonds is 17. The predicted molar refractivity (Wildman–Crippen MR) is 210 cm³/mol. The SMILES string of the molecule is COc1ccccc1CCCNCCCOc1cccc([C@H]2O[C@H](CC(=O)NCc3ccccc3F)C(=O)N(CC(C)(C)C)c3ccc(Cl)cc32)c1OC. The van der Waals surface area contributed by atoms with Crippen molar-refractivity contribution >= 4 is 29.1 Å². The Morgan fingerprint density at radius 1 is 0.889 bits per heavy atom. The van der Waals surface area contributed by atoms with Crippen molar-refractivity contribution in [3.63, 3.8) is 0 Å². The summed E-state index contributed by atoms with van der Waals surface area (Å²) in [5.74, 6) is 0.659. The minimum Gasteiger partial charge on any atom is -0.496 e. The molecule has 4 aromatic rings. The van der Waals surface area contributed by atoms with Gasteiger partial charge in [0.15, 0.2) is 11.5 Å². The van der Waals surface area contributed by atoms with Gasteiger partial charge in [0.1, 0.15) is 23.8 Å². The summed E-state index contributed by atoms with van der Waals surface area (Å²) in [4.78, 5) is 29.4. The number of halogens is 2. The molecule has 0 radical (unpaired) electrons. The lowest BCUT2D eigenvalue weighted by Gasteiger charge is -2.31. The first kappa shape index (κ1) is 40.5. The van der Waals surface area contributed by atoms with Gasteiger partial charge in [0, 0.05) is 40.5 Å². The first-order valence-electron chi connectivity index (χ1n) is 18.4. The van der Waals surface area contributed by atoms with Gasteiger partial charge < -0.3 is 34.5 Å². The molecule has 0 fully saturated rings. The number of carbonyl (C=O) groups is 2. The number of carbonyl (C=O) groups excluding carboxylic acids is 2. The molecule has 0 bridgehead atoms. The summed E-state index contributed by atoms with van der Waals surface area (Å²) in [6.07, 6.45) is 0.367. The molecule has 9 nitrogen and oxygen atoms in total. The van der Waals surface area contributed by atoms with Crippen molar-refractivity contribution in [2.45, 2.75) is 65.2 Å². The Balaban J connectivity index is 1.33. The van der Waals surface area contributed by atoms with Crippen LogP contribution in [0.2, 0.25) is 5.02 Å². The van der Waals surface area contributed by atoms with E-state index in [1.54, 1.807) is 49.5 Å². The fraction of sp³-hybridized carbons (Fsp3) is 0.395. The molecule has 288 valence electrons. The highest BCUT2D eigenvalue weighted by Crippen LogP contribution is 2.45. The lowest BCUT2D eigenvalue weighted by molar-refractivity contribution is -0.138. The summed E-state index contributed by atoms with van der Waals surface area (Å²) in [5.41, 5.74) is 3.15. The molecule has 4 aromatic carbocycles. The average Bonchev–Trinajstić information content (AvgIpc) is 3.25. The predicted octanol–water partition coefficient (Wildman–Crippen LogP) is 8.06. The zero-order chi connectivity index (χ0) is 38.7. The summed E-state index contributed by atoms with van der Waals surface area (Å²) < 4.78 is 38.7. The second kappa shape index (κ2) is 19.1. The maximum Gasteiger partial charge on any atom is 0.256 e. The first-order valence-corrected chi connectivity index (χ1v) is 18.8. The smallest absolute Gasteiger partial charge is 0.256 e. The van der Waals surface area contributed by atoms with Crippen LogP contribution in [0.5, 0.6) is 17.2 Å². The molecule has 0 saturated heterocycles. The summed E-state index contributed by atoms with van der Waals surface area (Å²) in [6, 6.07) is 25.2. The van der Waals surface area contributed by atoms with Crippen LogP contribution >= 0.6 is 11.6 Å². The van der Waals surface area contributed by atoms with E-state index >= 15 is 0 Å². The number of hydrogen-bond donors (Lipinski definition) is 2. The highest BCUT2D eigenvalue weighted by Gasteiger charge is 2.40. The minimum absolute atomic E-state index is 0.0248. The number of ether oxygens (including phenoxy) is 4. The molecular weight excluding hydrogens is 709 g/mol. The van der Waals surface area contributed by atoms with Crippen molar-refractivity contribution in [1.29, 1.82) is 0 Å². The van der Waals surface area contributed by atoms with Crippen LogP contribution in [0.3, 0.4) is 0 Å². The minimum atomic E-state index is -1.17. The molecule has 54 heavy (non-hydrogen) atoms. The van der Waals surface area contributed by atoms with Crippen LogP contribution in [0, 0.1) is 11.2 Å². The van der Waals surface area contributed by atoms with Crippen LogP contribution < -0.4 is 29.7 Å². The van der Waals surface area contributed by atoms with Crippen LogP contribution in [-0.2, 0) is 27.3 Å². The number of aryl methyl sites for hydroxylation is 1. The Labute approximate surface area is 323 Å². The van der Waals surface area contributed by atoms with E-state index in [-0.39, 0.29) is 24.3 Å². The molecule has 0 aliphatic carbocycles. The standard InChI is InChI=1S/C43H51ClFN3O6/c1-43(2,3)28-48-35-21-20-31(44)25-33(35)40(54-38(42(48)50)26-39(49)47-27-30-14-6-8-17-34(30)45)32-16-10-19-37(41(32)52-5)53-24-12-23-46-22-11-15-29-13-7-9-18-36(29)51-4/h6-10,13-14,16-21,25,38,40,46H,11-12,15,22-24,26-28H2,1-5H3,(H,47,49)/t38-,40-/m1/s1. The van der Waals surface area contributed by atoms with Crippen LogP contribution in [-0.4, -0.2) is 58.4 Å². The number of hydrogen-bond acceptors (Lipinski definition) is 7. The zero-order valence-corrected chi connectivity index (χ0v) is 32.5. The third-order valence-corrected chi connectivity index (χ3v) is 9.32. The largest absolute Gasteiger partial charge is 0.496 e. The van der Waals surface area contributed by atoms with E-state index < -0.39 is 23.9 Å². The highest BCUT2D eigenvalue weighted by molar-refractivity contribution is 6.30. The number of benzene rings is 4. The van der Waals surface area contributed by atoms with E-state index in [0.29, 0.717) is 52.1 Å². The number of methoxy groups -OCH3 is 2. The molecular formula is C43H51ClFN3O6. The summed E-state index contributed by atoms with van der Waals surface area (Å²) >= 11 is 6.59. The molecule has 2 N–H and O–H groups in total. The van der Waals surface area contributed by atoms with E-state index in [1.807, 2.05) is 63.2 Å². The fourth-order valence-corrected chi connectivity index (χ4v) is 6.73. The average molecular weight is 760 g/mol. The van der Waals surface area contributed by atoms with Gasteiger partial charge in [-0.3, -0.25) is 9.59 Å². The maximum atomic E-state index is 14.4. The molecule has 2 atom stereocenters. The van der Waals surface area contributed by atoms with Crippen molar-refractivity contribution in [3.05, 3.63) is 118 Å². The van der Waals surface area contributed by atoms with E-state index in [0.717, 1.165) is 38.1 Å². The lowest BCUT2D eigenvalue weighted by atomic mass is 9.94. The van der Waals surface area contributed by atoms with E-state index in [9.17, 15) is 14.0 Å². The number of amides is 2. The Morgan fingerprint density at radius 3 is 2.35 bits per heavy atom. The molecule has 5 rings (SSSR count). The lowest BCUT2D eigenvalue weighted by Crippen LogP contribution is -2.45. The summed E-state index contributed by atoms with van der Waals surface area (Å²) in [5, 5.41) is 6.71. The number of nitrogens with zero attached hydrogens (tertiary/aromatic N) is 1. The molecule has 0 saturated carbocycles. The van der Waals surface area contributed by atoms with Crippen LogP contribution in [0.15, 0.2) is 84.9 Å². The van der Waals surface area contributed by atoms with Gasteiger partial charge in [-0.25, -0.2) is 4.39 Å². The van der Waals surface area contributed by atoms with E-state index in [4.69, 9.17) is 30.5 Å². The van der Waals surface area contributed by atoms with Gasteiger partial charge >= 0.3 is 0 Å². The molecule has 11 heteroatoms. The second-order valence-electron chi connectivity index (χ2n) is 14.5. The van der Waals surface area contributed by atoms with Crippen molar-refractivity contribution in [1.82, 2.24) is 10.6 Å². The third kappa shape index (κ3) is 10.7. The number of anilines is 1. The maximum absolute atomic E-state index is 14.4. The first-order chi connectivity index (χ1) is 26.0. The van der Waals surface area contributed by atoms with Gasteiger partial charge in [-0.15, -0.1) is 0 Å². The van der Waals surface area contributed by atoms with Gasteiger partial charge in [-0.05, 0) is 79.7 Å². The molecule has 0 aromatic heterocycles. The van der Waals surface area contributed by atoms with Crippen molar-refractivity contribution in [3.8, 4) is 17.2 Å². The Hall–Kier alpha value is -4.64. The quantitative estimate of drug-likeness (QED) is 0.105. The molecule has 1 aliphatic rings. The Morgan fingerprint density at radius 2 is 1.61 bits per heavy atom. The van der Waals surface area contributed by atoms with Gasteiger partial charge in [0.25, 0.3) is 5.91 Å². The van der Waals surface area contributed by atoms with E-state index in [2.05, 4.69) is 16.7 Å². The van der Waals surface area contributed by atoms with Gasteiger partial charge in [-0.2, -0.15) is 0 Å².